The largest absolute Gasteiger partial charge is 0.297 e. The molecule has 0 amide bonds. The Morgan fingerprint density at radius 3 is 2.83 bits per heavy atom. The van der Waals surface area contributed by atoms with Crippen LogP contribution in [0.3, 0.4) is 0 Å². The first-order valence-corrected chi connectivity index (χ1v) is 3.86. The molecule has 0 aliphatic carbocycles. The molecule has 0 saturated carbocycles. The number of hydrogen-bond acceptors (Lipinski definition) is 2. The maximum absolute atomic E-state index is 9.95. The predicted molar refractivity (Wildman–Crippen MR) is 50.4 cm³/mol. The van der Waals surface area contributed by atoms with Gasteiger partial charge >= 0.3 is 0 Å². The first-order chi connectivity index (χ1) is 5.74. The molecular weight excluding hydrogens is 174 g/mol. The molecule has 0 N–H and O–H groups in total. The topological polar surface area (TPSA) is 29.4 Å². The van der Waals surface area contributed by atoms with Crippen LogP contribution in [-0.2, 0) is 4.79 Å². The van der Waals surface area contributed by atoms with Gasteiger partial charge in [-0.3, -0.25) is 9.79 Å². The van der Waals surface area contributed by atoms with Gasteiger partial charge in [0.2, 0.25) is 0 Å². The van der Waals surface area contributed by atoms with Crippen molar-refractivity contribution in [1.82, 2.24) is 0 Å². The number of carbonyl (C=O) groups is 1. The van der Waals surface area contributed by atoms with E-state index >= 15 is 0 Å². The zero-order valence-electron chi connectivity index (χ0n) is 6.62. The van der Waals surface area contributed by atoms with Gasteiger partial charge in [-0.2, -0.15) is 0 Å². The molecule has 2 nitrogen and oxygen atoms in total. The summed E-state index contributed by atoms with van der Waals surface area (Å²) in [4.78, 5) is 13.8. The molecule has 0 atom stereocenters. The lowest BCUT2D eigenvalue weighted by Gasteiger charge is -1.97. The summed E-state index contributed by atoms with van der Waals surface area (Å²) in [6.45, 7) is 1.91. The van der Waals surface area contributed by atoms with Crippen molar-refractivity contribution in [2.75, 3.05) is 0 Å². The van der Waals surface area contributed by atoms with Crippen LogP contribution < -0.4 is 0 Å². The second-order valence-electron chi connectivity index (χ2n) is 2.35. The van der Waals surface area contributed by atoms with Gasteiger partial charge in [0.15, 0.2) is 6.29 Å². The van der Waals surface area contributed by atoms with Crippen LogP contribution in [-0.4, -0.2) is 12.5 Å². The maximum Gasteiger partial charge on any atom is 0.161 e. The summed E-state index contributed by atoms with van der Waals surface area (Å²) < 4.78 is 0. The predicted octanol–water partition coefficient (Wildman–Crippen LogP) is 2.55. The standard InChI is InChI=1S/C9H8ClNO/c1-7-2-3-8(6-9(7)10)11-4-5-12/h2-6H,1H3. The third-order valence-corrected chi connectivity index (χ3v) is 1.85. The van der Waals surface area contributed by atoms with Crippen molar-refractivity contribution in [2.24, 2.45) is 4.99 Å². The molecule has 0 aromatic heterocycles. The van der Waals surface area contributed by atoms with Gasteiger partial charge in [-0.05, 0) is 24.6 Å². The van der Waals surface area contributed by atoms with E-state index in [0.29, 0.717) is 17.0 Å². The van der Waals surface area contributed by atoms with E-state index in [2.05, 4.69) is 4.99 Å². The lowest BCUT2D eigenvalue weighted by molar-refractivity contribution is -0.102. The molecule has 0 spiro atoms. The van der Waals surface area contributed by atoms with Crippen molar-refractivity contribution >= 4 is 29.8 Å². The minimum Gasteiger partial charge on any atom is -0.297 e. The van der Waals surface area contributed by atoms with Crippen LogP contribution in [0.25, 0.3) is 0 Å². The van der Waals surface area contributed by atoms with Crippen LogP contribution in [0.15, 0.2) is 23.2 Å². The van der Waals surface area contributed by atoms with Crippen molar-refractivity contribution in [3.05, 3.63) is 28.8 Å². The molecule has 1 aromatic rings. The van der Waals surface area contributed by atoms with E-state index in [1.165, 1.54) is 6.21 Å². The van der Waals surface area contributed by atoms with Gasteiger partial charge in [-0.15, -0.1) is 0 Å². The van der Waals surface area contributed by atoms with Gasteiger partial charge in [-0.1, -0.05) is 17.7 Å². The van der Waals surface area contributed by atoms with Gasteiger partial charge < -0.3 is 0 Å². The van der Waals surface area contributed by atoms with Crippen LogP contribution in [0.4, 0.5) is 5.69 Å². The summed E-state index contributed by atoms with van der Waals surface area (Å²) in [5, 5.41) is 0.663. The average molecular weight is 182 g/mol. The number of aliphatic imine (C=N–C) groups is 1. The van der Waals surface area contributed by atoms with Crippen molar-refractivity contribution in [3.63, 3.8) is 0 Å². The third-order valence-electron chi connectivity index (χ3n) is 1.44. The molecule has 0 heterocycles. The highest BCUT2D eigenvalue weighted by atomic mass is 35.5. The molecule has 0 saturated heterocycles. The lowest BCUT2D eigenvalue weighted by atomic mass is 10.2. The molecule has 62 valence electrons. The number of halogens is 1. The Balaban J connectivity index is 2.96. The first kappa shape index (κ1) is 8.94. The molecular formula is C9H8ClNO. The summed E-state index contributed by atoms with van der Waals surface area (Å²) in [6, 6.07) is 5.39. The van der Waals surface area contributed by atoms with Crippen LogP contribution in [0, 0.1) is 6.92 Å². The fourth-order valence-corrected chi connectivity index (χ4v) is 0.953. The zero-order valence-corrected chi connectivity index (χ0v) is 7.38. The van der Waals surface area contributed by atoms with Gasteiger partial charge in [0, 0.05) is 5.02 Å². The second kappa shape index (κ2) is 4.02. The molecule has 1 rings (SSSR count). The fraction of sp³-hybridized carbons (Fsp3) is 0.111. The molecule has 0 radical (unpaired) electrons. The Hall–Kier alpha value is -1.15. The number of benzene rings is 1. The Bertz CT molecular complexity index is 320. The Morgan fingerprint density at radius 1 is 1.50 bits per heavy atom. The van der Waals surface area contributed by atoms with E-state index in [1.54, 1.807) is 12.1 Å². The summed E-state index contributed by atoms with van der Waals surface area (Å²) in [5.41, 5.74) is 1.69. The highest BCUT2D eigenvalue weighted by molar-refractivity contribution is 6.31. The normalized spacial score (nSPS) is 10.5. The van der Waals surface area contributed by atoms with Gasteiger partial charge in [0.25, 0.3) is 0 Å². The summed E-state index contributed by atoms with van der Waals surface area (Å²) >= 11 is 5.83. The number of hydrogen-bond donors (Lipinski definition) is 0. The molecule has 12 heavy (non-hydrogen) atoms. The van der Waals surface area contributed by atoms with E-state index in [-0.39, 0.29) is 0 Å². The number of nitrogens with zero attached hydrogens (tertiary/aromatic N) is 1. The van der Waals surface area contributed by atoms with Crippen LogP contribution in [0.1, 0.15) is 5.56 Å². The van der Waals surface area contributed by atoms with Gasteiger partial charge in [0.05, 0.1) is 11.9 Å². The maximum atomic E-state index is 9.95. The van der Waals surface area contributed by atoms with Crippen molar-refractivity contribution < 1.29 is 4.79 Å². The second-order valence-corrected chi connectivity index (χ2v) is 2.75. The monoisotopic (exact) mass is 181 g/mol. The zero-order chi connectivity index (χ0) is 8.97. The summed E-state index contributed by atoms with van der Waals surface area (Å²) in [5.74, 6) is 0. The van der Waals surface area contributed by atoms with Gasteiger partial charge in [0.1, 0.15) is 0 Å². The van der Waals surface area contributed by atoms with E-state index in [4.69, 9.17) is 11.6 Å². The van der Waals surface area contributed by atoms with Crippen LogP contribution in [0.5, 0.6) is 0 Å². The highest BCUT2D eigenvalue weighted by Crippen LogP contribution is 2.21. The van der Waals surface area contributed by atoms with Crippen molar-refractivity contribution in [3.8, 4) is 0 Å². The van der Waals surface area contributed by atoms with Crippen LogP contribution in [0.2, 0.25) is 5.02 Å². The van der Waals surface area contributed by atoms with Gasteiger partial charge in [-0.25, -0.2) is 0 Å². The highest BCUT2D eigenvalue weighted by Gasteiger charge is 1.94. The fourth-order valence-electron chi connectivity index (χ4n) is 0.779. The quantitative estimate of drug-likeness (QED) is 0.509. The smallest absolute Gasteiger partial charge is 0.161 e. The molecule has 0 aliphatic rings. The Kier molecular flexibility index (Phi) is 3.00. The molecule has 0 bridgehead atoms. The number of carbonyl (C=O) groups excluding carboxylic acids is 1. The van der Waals surface area contributed by atoms with Crippen molar-refractivity contribution in [1.29, 1.82) is 0 Å². The van der Waals surface area contributed by atoms with E-state index in [9.17, 15) is 4.79 Å². The number of rotatable bonds is 2. The molecule has 3 heteroatoms. The van der Waals surface area contributed by atoms with E-state index in [1.807, 2.05) is 13.0 Å². The number of aldehydes is 1. The average Bonchev–Trinajstić information content (AvgIpc) is 2.07. The minimum atomic E-state index is 0.633. The van der Waals surface area contributed by atoms with E-state index in [0.717, 1.165) is 5.56 Å². The number of aryl methyl sites for hydroxylation is 1. The Morgan fingerprint density at radius 2 is 2.25 bits per heavy atom. The summed E-state index contributed by atoms with van der Waals surface area (Å²) in [6.07, 6.45) is 1.83. The van der Waals surface area contributed by atoms with Crippen LogP contribution >= 0.6 is 11.6 Å². The lowest BCUT2D eigenvalue weighted by Crippen LogP contribution is -1.75. The SMILES string of the molecule is Cc1ccc(N=CC=O)cc1Cl. The first-order valence-electron chi connectivity index (χ1n) is 3.48. The summed E-state index contributed by atoms with van der Waals surface area (Å²) in [7, 11) is 0. The minimum absolute atomic E-state index is 0.633. The molecule has 0 unspecified atom stereocenters. The van der Waals surface area contributed by atoms with Crippen molar-refractivity contribution in [2.45, 2.75) is 6.92 Å². The third kappa shape index (κ3) is 2.17. The molecule has 1 aromatic carbocycles. The Labute approximate surface area is 75.9 Å². The van der Waals surface area contributed by atoms with E-state index < -0.39 is 0 Å². The molecule has 0 aliphatic heterocycles. The molecule has 0 fully saturated rings.